The Bertz CT molecular complexity index is 275. The van der Waals surface area contributed by atoms with E-state index in [1.54, 1.807) is 0 Å². The van der Waals surface area contributed by atoms with Crippen molar-refractivity contribution in [3.8, 4) is 0 Å². The van der Waals surface area contributed by atoms with E-state index in [0.29, 0.717) is 5.41 Å². The van der Waals surface area contributed by atoms with Crippen molar-refractivity contribution in [3.05, 3.63) is 0 Å². The number of hydrogen-bond donors (Lipinski definition) is 1. The fourth-order valence-corrected chi connectivity index (χ4v) is 4.08. The highest BCUT2D eigenvalue weighted by Crippen LogP contribution is 2.40. The number of nitrogens with zero attached hydrogens (tertiary/aromatic N) is 1. The predicted octanol–water partition coefficient (Wildman–Crippen LogP) is 4.11. The first-order valence-corrected chi connectivity index (χ1v) is 10.2. The maximum absolute atomic E-state index is 3.82. The van der Waals surface area contributed by atoms with E-state index in [0.717, 1.165) is 17.9 Å². The van der Waals surface area contributed by atoms with E-state index in [-0.39, 0.29) is 0 Å². The molecule has 0 heterocycles. The first-order valence-electron chi connectivity index (χ1n) is 8.79. The third-order valence-corrected chi connectivity index (χ3v) is 5.68. The summed E-state index contributed by atoms with van der Waals surface area (Å²) in [5, 5.41) is 3.82. The highest BCUT2D eigenvalue weighted by Gasteiger charge is 2.35. The van der Waals surface area contributed by atoms with Gasteiger partial charge < -0.3 is 10.2 Å². The standard InChI is InChI=1S/C18H38N2S/c1-7-10-19-17-9-8-16(18(2,3)4)13-15(17)14-20(5)11-12-21-6/h15-17,19H,7-14H2,1-6H3. The molecule has 1 rings (SSSR count). The molecule has 3 atom stereocenters. The molecule has 3 unspecified atom stereocenters. The van der Waals surface area contributed by atoms with E-state index in [1.165, 1.54) is 51.1 Å². The summed E-state index contributed by atoms with van der Waals surface area (Å²) in [6.07, 6.45) is 7.61. The second kappa shape index (κ2) is 9.42. The molecule has 0 amide bonds. The van der Waals surface area contributed by atoms with Crippen molar-refractivity contribution in [2.45, 2.75) is 59.4 Å². The normalized spacial score (nSPS) is 27.3. The minimum Gasteiger partial charge on any atom is -0.314 e. The lowest BCUT2D eigenvalue weighted by molar-refractivity contribution is 0.0948. The van der Waals surface area contributed by atoms with Gasteiger partial charge in [0.15, 0.2) is 0 Å². The summed E-state index contributed by atoms with van der Waals surface area (Å²) in [4.78, 5) is 2.55. The van der Waals surface area contributed by atoms with Gasteiger partial charge >= 0.3 is 0 Å². The van der Waals surface area contributed by atoms with Gasteiger partial charge in [-0.25, -0.2) is 0 Å². The molecule has 0 spiro atoms. The van der Waals surface area contributed by atoms with E-state index in [2.05, 4.69) is 51.2 Å². The lowest BCUT2D eigenvalue weighted by Crippen LogP contribution is -2.47. The second-order valence-corrected chi connectivity index (χ2v) is 8.94. The molecule has 0 saturated heterocycles. The first-order chi connectivity index (χ1) is 9.88. The van der Waals surface area contributed by atoms with Crippen molar-refractivity contribution in [3.63, 3.8) is 0 Å². The fraction of sp³-hybridized carbons (Fsp3) is 1.00. The zero-order valence-corrected chi connectivity index (χ0v) is 16.1. The minimum absolute atomic E-state index is 0.464. The summed E-state index contributed by atoms with van der Waals surface area (Å²) in [6.45, 7) is 13.2. The number of hydrogen-bond acceptors (Lipinski definition) is 3. The highest BCUT2D eigenvalue weighted by atomic mass is 32.2. The van der Waals surface area contributed by atoms with Gasteiger partial charge in [-0.3, -0.25) is 0 Å². The number of nitrogens with one attached hydrogen (secondary N) is 1. The van der Waals surface area contributed by atoms with Crippen LogP contribution in [0.5, 0.6) is 0 Å². The topological polar surface area (TPSA) is 15.3 Å². The van der Waals surface area contributed by atoms with Crippen molar-refractivity contribution in [2.24, 2.45) is 17.3 Å². The van der Waals surface area contributed by atoms with Gasteiger partial charge in [0.1, 0.15) is 0 Å². The molecule has 1 saturated carbocycles. The summed E-state index contributed by atoms with van der Waals surface area (Å²) in [7, 11) is 2.30. The van der Waals surface area contributed by atoms with Crippen LogP contribution in [0.4, 0.5) is 0 Å². The molecule has 0 radical (unpaired) electrons. The van der Waals surface area contributed by atoms with Crippen LogP contribution in [0.25, 0.3) is 0 Å². The molecule has 0 aliphatic heterocycles. The molecule has 21 heavy (non-hydrogen) atoms. The molecule has 3 heteroatoms. The van der Waals surface area contributed by atoms with Gasteiger partial charge in [-0.2, -0.15) is 11.8 Å². The Hall–Kier alpha value is 0.270. The SMILES string of the molecule is CCCNC1CCC(C(C)(C)C)CC1CN(C)CCSC. The monoisotopic (exact) mass is 314 g/mol. The molecule has 1 aliphatic carbocycles. The number of rotatable bonds is 8. The Morgan fingerprint density at radius 1 is 1.24 bits per heavy atom. The van der Waals surface area contributed by atoms with Crippen molar-refractivity contribution < 1.29 is 0 Å². The Morgan fingerprint density at radius 3 is 2.52 bits per heavy atom. The molecule has 0 aromatic rings. The second-order valence-electron chi connectivity index (χ2n) is 7.95. The summed E-state index contributed by atoms with van der Waals surface area (Å²) in [6, 6.07) is 0.736. The Morgan fingerprint density at radius 2 is 1.95 bits per heavy atom. The van der Waals surface area contributed by atoms with E-state index in [4.69, 9.17) is 0 Å². The van der Waals surface area contributed by atoms with Gasteiger partial charge in [0.2, 0.25) is 0 Å². The summed E-state index contributed by atoms with van der Waals surface area (Å²) < 4.78 is 0. The zero-order chi connectivity index (χ0) is 15.9. The summed E-state index contributed by atoms with van der Waals surface area (Å²) in [5.74, 6) is 2.96. The van der Waals surface area contributed by atoms with Gasteiger partial charge in [0.25, 0.3) is 0 Å². The van der Waals surface area contributed by atoms with Crippen molar-refractivity contribution in [1.29, 1.82) is 0 Å². The van der Waals surface area contributed by atoms with Crippen molar-refractivity contribution >= 4 is 11.8 Å². The summed E-state index contributed by atoms with van der Waals surface area (Å²) >= 11 is 1.95. The minimum atomic E-state index is 0.464. The lowest BCUT2D eigenvalue weighted by atomic mass is 9.67. The molecule has 1 fully saturated rings. The van der Waals surface area contributed by atoms with Crippen LogP contribution in [0.15, 0.2) is 0 Å². The highest BCUT2D eigenvalue weighted by molar-refractivity contribution is 7.98. The van der Waals surface area contributed by atoms with E-state index >= 15 is 0 Å². The predicted molar refractivity (Wildman–Crippen MR) is 98.2 cm³/mol. The van der Waals surface area contributed by atoms with Crippen LogP contribution in [0.3, 0.4) is 0 Å². The third-order valence-electron chi connectivity index (χ3n) is 5.09. The van der Waals surface area contributed by atoms with Crippen molar-refractivity contribution in [1.82, 2.24) is 10.2 Å². The molecule has 1 aliphatic rings. The maximum atomic E-state index is 3.82. The molecule has 1 N–H and O–H groups in total. The van der Waals surface area contributed by atoms with Crippen LogP contribution in [-0.4, -0.2) is 49.6 Å². The van der Waals surface area contributed by atoms with Gasteiger partial charge in [-0.05, 0) is 62.8 Å². The van der Waals surface area contributed by atoms with Gasteiger partial charge in [0.05, 0.1) is 0 Å². The van der Waals surface area contributed by atoms with E-state index < -0.39 is 0 Å². The Labute approximate surface area is 137 Å². The largest absolute Gasteiger partial charge is 0.314 e. The smallest absolute Gasteiger partial charge is 0.0108 e. The molecule has 0 bridgehead atoms. The van der Waals surface area contributed by atoms with Crippen LogP contribution in [0.2, 0.25) is 0 Å². The molecular formula is C18H38N2S. The van der Waals surface area contributed by atoms with Crippen LogP contribution in [0, 0.1) is 17.3 Å². The number of thioether (sulfide) groups is 1. The quantitative estimate of drug-likeness (QED) is 0.726. The van der Waals surface area contributed by atoms with Crippen molar-refractivity contribution in [2.75, 3.05) is 38.7 Å². The van der Waals surface area contributed by atoms with Gasteiger partial charge in [-0.15, -0.1) is 0 Å². The Balaban J connectivity index is 2.59. The Kier molecular flexibility index (Phi) is 8.66. The first kappa shape index (κ1) is 19.3. The maximum Gasteiger partial charge on any atom is 0.0108 e. The van der Waals surface area contributed by atoms with Crippen LogP contribution in [0.1, 0.15) is 53.4 Å². The molecule has 0 aromatic heterocycles. The molecule has 126 valence electrons. The molecule has 2 nitrogen and oxygen atoms in total. The molecule has 0 aromatic carbocycles. The fourth-order valence-electron chi connectivity index (χ4n) is 3.59. The average Bonchev–Trinajstić information content (AvgIpc) is 2.42. The van der Waals surface area contributed by atoms with Crippen LogP contribution in [-0.2, 0) is 0 Å². The molecular weight excluding hydrogens is 276 g/mol. The third kappa shape index (κ3) is 6.92. The average molecular weight is 315 g/mol. The lowest BCUT2D eigenvalue weighted by Gasteiger charge is -2.43. The van der Waals surface area contributed by atoms with Gasteiger partial charge in [-0.1, -0.05) is 27.7 Å². The van der Waals surface area contributed by atoms with E-state index in [9.17, 15) is 0 Å². The zero-order valence-electron chi connectivity index (χ0n) is 15.2. The van der Waals surface area contributed by atoms with Crippen LogP contribution < -0.4 is 5.32 Å². The van der Waals surface area contributed by atoms with Gasteiger partial charge in [0, 0.05) is 24.9 Å². The van der Waals surface area contributed by atoms with E-state index in [1.807, 2.05) is 11.8 Å². The summed E-state index contributed by atoms with van der Waals surface area (Å²) in [5.41, 5.74) is 0.464. The van der Waals surface area contributed by atoms with Crippen LogP contribution >= 0.6 is 11.8 Å².